The molecule has 0 spiro atoms. The zero-order valence-electron chi connectivity index (χ0n) is 16.3. The average Bonchev–Trinajstić information content (AvgIpc) is 3.16. The minimum atomic E-state index is -3.29. The number of hydrogen-bond acceptors (Lipinski definition) is 5. The standard InChI is InChI=1S/C20H24F2N2O5/c1-3-27-18(25)11-13-24(12-10-16-5-4-14-28-16)19(26)23-15-6-8-17(9-7-15)29-20(2,21)22/h4-9,14H,3,10-13H2,1-2H3,(H,23,26). The predicted octanol–water partition coefficient (Wildman–Crippen LogP) is 4.30. The summed E-state index contributed by atoms with van der Waals surface area (Å²) in [6.07, 6.45) is -1.22. The Morgan fingerprint density at radius 3 is 2.48 bits per heavy atom. The van der Waals surface area contributed by atoms with E-state index in [2.05, 4.69) is 10.1 Å². The normalized spacial score (nSPS) is 11.0. The molecule has 29 heavy (non-hydrogen) atoms. The summed E-state index contributed by atoms with van der Waals surface area (Å²) in [4.78, 5) is 25.7. The van der Waals surface area contributed by atoms with Crippen molar-refractivity contribution in [1.29, 1.82) is 0 Å². The second-order valence-corrected chi connectivity index (χ2v) is 6.24. The van der Waals surface area contributed by atoms with Gasteiger partial charge in [0.2, 0.25) is 0 Å². The highest BCUT2D eigenvalue weighted by atomic mass is 19.3. The number of carbonyl (C=O) groups excluding carboxylic acids is 2. The number of esters is 1. The zero-order chi connectivity index (χ0) is 21.3. The zero-order valence-corrected chi connectivity index (χ0v) is 16.3. The Bertz CT molecular complexity index is 773. The van der Waals surface area contributed by atoms with Crippen LogP contribution >= 0.6 is 0 Å². The summed E-state index contributed by atoms with van der Waals surface area (Å²) in [6, 6.07) is 8.68. The molecule has 1 N–H and O–H groups in total. The van der Waals surface area contributed by atoms with Crippen LogP contribution in [0.15, 0.2) is 47.1 Å². The van der Waals surface area contributed by atoms with Crippen molar-refractivity contribution in [2.24, 2.45) is 0 Å². The topological polar surface area (TPSA) is 81.0 Å². The van der Waals surface area contributed by atoms with Gasteiger partial charge in [-0.2, -0.15) is 8.78 Å². The summed E-state index contributed by atoms with van der Waals surface area (Å²) in [5.74, 6) is 0.290. The molecule has 1 aromatic carbocycles. The predicted molar refractivity (Wildman–Crippen MR) is 102 cm³/mol. The molecule has 0 aliphatic heterocycles. The second-order valence-electron chi connectivity index (χ2n) is 6.24. The Kier molecular flexibility index (Phi) is 7.99. The van der Waals surface area contributed by atoms with Gasteiger partial charge in [0.1, 0.15) is 11.5 Å². The minimum Gasteiger partial charge on any atom is -0.469 e. The number of nitrogens with zero attached hydrogens (tertiary/aromatic N) is 1. The van der Waals surface area contributed by atoms with Gasteiger partial charge < -0.3 is 24.1 Å². The van der Waals surface area contributed by atoms with E-state index in [1.54, 1.807) is 25.3 Å². The van der Waals surface area contributed by atoms with Gasteiger partial charge in [0.25, 0.3) is 0 Å². The van der Waals surface area contributed by atoms with Gasteiger partial charge in [-0.3, -0.25) is 4.79 Å². The molecule has 0 unspecified atom stereocenters. The highest BCUT2D eigenvalue weighted by molar-refractivity contribution is 5.89. The fourth-order valence-electron chi connectivity index (χ4n) is 2.49. The third kappa shape index (κ3) is 8.20. The third-order valence-electron chi connectivity index (χ3n) is 3.79. The first-order valence-corrected chi connectivity index (χ1v) is 9.17. The fraction of sp³-hybridized carbons (Fsp3) is 0.400. The summed E-state index contributed by atoms with van der Waals surface area (Å²) >= 11 is 0. The van der Waals surface area contributed by atoms with Gasteiger partial charge in [-0.05, 0) is 43.3 Å². The lowest BCUT2D eigenvalue weighted by atomic mass is 10.3. The molecule has 1 aromatic heterocycles. The molecule has 2 aromatic rings. The van der Waals surface area contributed by atoms with E-state index in [-0.39, 0.29) is 25.3 Å². The number of nitrogens with one attached hydrogen (secondary N) is 1. The largest absolute Gasteiger partial charge is 0.469 e. The van der Waals surface area contributed by atoms with Crippen LogP contribution in [0.5, 0.6) is 5.75 Å². The van der Waals surface area contributed by atoms with Crippen LogP contribution in [-0.2, 0) is 16.0 Å². The van der Waals surface area contributed by atoms with Crippen molar-refractivity contribution in [3.05, 3.63) is 48.4 Å². The molecule has 0 aliphatic rings. The quantitative estimate of drug-likeness (QED) is 0.591. The first-order valence-electron chi connectivity index (χ1n) is 9.17. The lowest BCUT2D eigenvalue weighted by Gasteiger charge is -2.22. The number of amides is 2. The van der Waals surface area contributed by atoms with Crippen molar-refractivity contribution in [3.63, 3.8) is 0 Å². The van der Waals surface area contributed by atoms with Crippen molar-refractivity contribution in [1.82, 2.24) is 4.90 Å². The molecular weight excluding hydrogens is 386 g/mol. The van der Waals surface area contributed by atoms with Gasteiger partial charge in [-0.25, -0.2) is 4.79 Å². The Morgan fingerprint density at radius 2 is 1.90 bits per heavy atom. The van der Waals surface area contributed by atoms with Crippen molar-refractivity contribution in [3.8, 4) is 5.75 Å². The average molecular weight is 410 g/mol. The van der Waals surface area contributed by atoms with E-state index in [1.807, 2.05) is 0 Å². The first-order chi connectivity index (χ1) is 13.8. The number of carbonyl (C=O) groups is 2. The summed E-state index contributed by atoms with van der Waals surface area (Å²) in [5.41, 5.74) is 0.404. The Morgan fingerprint density at radius 1 is 1.17 bits per heavy atom. The molecular formula is C20H24F2N2O5. The SMILES string of the molecule is CCOC(=O)CCN(CCc1ccco1)C(=O)Nc1ccc(OC(C)(F)F)cc1. The summed E-state index contributed by atoms with van der Waals surface area (Å²) in [7, 11) is 0. The third-order valence-corrected chi connectivity index (χ3v) is 3.79. The van der Waals surface area contributed by atoms with Crippen molar-refractivity contribution >= 4 is 17.7 Å². The van der Waals surface area contributed by atoms with E-state index in [4.69, 9.17) is 9.15 Å². The summed E-state index contributed by atoms with van der Waals surface area (Å²) < 4.78 is 40.4. The maximum Gasteiger partial charge on any atom is 0.394 e. The molecule has 9 heteroatoms. The molecule has 0 bridgehead atoms. The Balaban J connectivity index is 1.98. The maximum atomic E-state index is 12.9. The van der Waals surface area contributed by atoms with Gasteiger partial charge in [-0.15, -0.1) is 0 Å². The molecule has 0 saturated carbocycles. The van der Waals surface area contributed by atoms with E-state index in [1.165, 1.54) is 29.2 Å². The van der Waals surface area contributed by atoms with Crippen LogP contribution in [0.1, 0.15) is 26.0 Å². The Labute approximate surface area is 167 Å². The van der Waals surface area contributed by atoms with E-state index in [9.17, 15) is 18.4 Å². The fourth-order valence-corrected chi connectivity index (χ4v) is 2.49. The number of rotatable bonds is 10. The van der Waals surface area contributed by atoms with E-state index in [0.717, 1.165) is 0 Å². The molecule has 0 atom stereocenters. The van der Waals surface area contributed by atoms with Crippen LogP contribution in [-0.4, -0.2) is 42.7 Å². The van der Waals surface area contributed by atoms with Crippen LogP contribution in [0, 0.1) is 0 Å². The van der Waals surface area contributed by atoms with Crippen molar-refractivity contribution < 1.29 is 32.3 Å². The lowest BCUT2D eigenvalue weighted by molar-refractivity contribution is -0.159. The van der Waals surface area contributed by atoms with Crippen LogP contribution in [0.4, 0.5) is 19.3 Å². The van der Waals surface area contributed by atoms with Crippen LogP contribution < -0.4 is 10.1 Å². The van der Waals surface area contributed by atoms with Crippen LogP contribution in [0.2, 0.25) is 0 Å². The molecule has 1 heterocycles. The molecule has 0 fully saturated rings. The molecule has 7 nitrogen and oxygen atoms in total. The highest BCUT2D eigenvalue weighted by Crippen LogP contribution is 2.22. The molecule has 2 rings (SSSR count). The number of furan rings is 1. The van der Waals surface area contributed by atoms with E-state index in [0.29, 0.717) is 31.3 Å². The minimum absolute atomic E-state index is 0.0208. The van der Waals surface area contributed by atoms with E-state index < -0.39 is 18.1 Å². The van der Waals surface area contributed by atoms with Gasteiger partial charge in [0, 0.05) is 32.1 Å². The monoisotopic (exact) mass is 410 g/mol. The van der Waals surface area contributed by atoms with Gasteiger partial charge >= 0.3 is 18.1 Å². The van der Waals surface area contributed by atoms with Crippen LogP contribution in [0.25, 0.3) is 0 Å². The van der Waals surface area contributed by atoms with E-state index >= 15 is 0 Å². The number of halogens is 2. The summed E-state index contributed by atoms with van der Waals surface area (Å²) in [6.45, 7) is 3.10. The summed E-state index contributed by atoms with van der Waals surface area (Å²) in [5, 5.41) is 2.68. The number of benzene rings is 1. The van der Waals surface area contributed by atoms with Crippen LogP contribution in [0.3, 0.4) is 0 Å². The van der Waals surface area contributed by atoms with Crippen molar-refractivity contribution in [2.45, 2.75) is 32.8 Å². The Hall–Kier alpha value is -3.10. The van der Waals surface area contributed by atoms with Gasteiger partial charge in [0.15, 0.2) is 0 Å². The molecule has 0 saturated heterocycles. The number of ether oxygens (including phenoxy) is 2. The highest BCUT2D eigenvalue weighted by Gasteiger charge is 2.23. The van der Waals surface area contributed by atoms with Gasteiger partial charge in [-0.1, -0.05) is 0 Å². The van der Waals surface area contributed by atoms with Crippen molar-refractivity contribution in [2.75, 3.05) is 25.0 Å². The molecule has 0 aliphatic carbocycles. The molecule has 0 radical (unpaired) electrons. The second kappa shape index (κ2) is 10.4. The number of alkyl halides is 2. The van der Waals surface area contributed by atoms with Gasteiger partial charge in [0.05, 0.1) is 19.3 Å². The smallest absolute Gasteiger partial charge is 0.394 e. The number of anilines is 1. The maximum absolute atomic E-state index is 12.9. The molecule has 158 valence electrons. The number of urea groups is 1. The lowest BCUT2D eigenvalue weighted by Crippen LogP contribution is -2.38. The first kappa shape index (κ1) is 22.2. The molecule has 2 amide bonds. The number of hydrogen-bond donors (Lipinski definition) is 1.